The Morgan fingerprint density at radius 1 is 1.50 bits per heavy atom. The van der Waals surface area contributed by atoms with Crippen molar-refractivity contribution in [1.82, 2.24) is 20.4 Å². The lowest BCUT2D eigenvalue weighted by Gasteiger charge is -2.31. The molecule has 1 aliphatic heterocycles. The molecule has 0 aliphatic carbocycles. The molecule has 2 rings (SSSR count). The number of aromatic amines is 1. The number of aliphatic hydroxyl groups is 1. The number of hydrogen-bond donors (Lipinski definition) is 3. The number of piperidine rings is 1. The van der Waals surface area contributed by atoms with Crippen LogP contribution in [0.2, 0.25) is 0 Å². The monoisotopic (exact) mass is 308 g/mol. The van der Waals surface area contributed by atoms with Gasteiger partial charge in [-0.1, -0.05) is 0 Å². The maximum atomic E-state index is 11.9. The van der Waals surface area contributed by atoms with Crippen LogP contribution < -0.4 is 5.32 Å². The molecule has 1 aromatic rings. The van der Waals surface area contributed by atoms with E-state index in [0.717, 1.165) is 55.8 Å². The van der Waals surface area contributed by atoms with E-state index in [1.807, 2.05) is 13.8 Å². The second-order valence-corrected chi connectivity index (χ2v) is 6.25. The van der Waals surface area contributed by atoms with E-state index in [0.29, 0.717) is 18.9 Å². The molecule has 22 heavy (non-hydrogen) atoms. The molecule has 0 saturated carbocycles. The summed E-state index contributed by atoms with van der Waals surface area (Å²) in [4.78, 5) is 14.3. The molecule has 0 aromatic carbocycles. The first-order chi connectivity index (χ1) is 10.6. The molecule has 6 nitrogen and oxygen atoms in total. The van der Waals surface area contributed by atoms with Gasteiger partial charge in [-0.25, -0.2) is 0 Å². The molecule has 1 atom stereocenters. The van der Waals surface area contributed by atoms with E-state index in [1.54, 1.807) is 0 Å². The quantitative estimate of drug-likeness (QED) is 0.695. The summed E-state index contributed by atoms with van der Waals surface area (Å²) in [6.07, 6.45) is 3.48. The molecule has 124 valence electrons. The van der Waals surface area contributed by atoms with Crippen LogP contribution in [-0.2, 0) is 11.2 Å². The van der Waals surface area contributed by atoms with Gasteiger partial charge in [-0.15, -0.1) is 0 Å². The van der Waals surface area contributed by atoms with Crippen molar-refractivity contribution in [2.24, 2.45) is 5.92 Å². The number of aromatic nitrogens is 2. The van der Waals surface area contributed by atoms with Crippen molar-refractivity contribution in [2.75, 3.05) is 32.8 Å². The molecule has 1 aromatic heterocycles. The van der Waals surface area contributed by atoms with Crippen LogP contribution >= 0.6 is 0 Å². The van der Waals surface area contributed by atoms with Crippen molar-refractivity contribution >= 4 is 5.91 Å². The van der Waals surface area contributed by atoms with Crippen molar-refractivity contribution < 1.29 is 9.90 Å². The minimum atomic E-state index is 0.0933. The van der Waals surface area contributed by atoms with Crippen molar-refractivity contribution in [1.29, 1.82) is 0 Å². The zero-order valence-electron chi connectivity index (χ0n) is 13.7. The lowest BCUT2D eigenvalue weighted by molar-refractivity contribution is -0.121. The number of likely N-dealkylation sites (tertiary alicyclic amines) is 1. The van der Waals surface area contributed by atoms with E-state index in [2.05, 4.69) is 20.4 Å². The highest BCUT2D eigenvalue weighted by Gasteiger charge is 2.18. The molecular weight excluding hydrogens is 280 g/mol. The van der Waals surface area contributed by atoms with Gasteiger partial charge in [-0.2, -0.15) is 5.10 Å². The molecule has 0 unspecified atom stereocenters. The van der Waals surface area contributed by atoms with Gasteiger partial charge in [0.25, 0.3) is 0 Å². The third kappa shape index (κ3) is 4.81. The van der Waals surface area contributed by atoms with E-state index in [4.69, 9.17) is 0 Å². The first-order valence-corrected chi connectivity index (χ1v) is 8.20. The second-order valence-electron chi connectivity index (χ2n) is 6.25. The minimum absolute atomic E-state index is 0.0933. The van der Waals surface area contributed by atoms with Gasteiger partial charge in [0.05, 0.1) is 5.69 Å². The van der Waals surface area contributed by atoms with E-state index >= 15 is 0 Å². The Kier molecular flexibility index (Phi) is 6.39. The van der Waals surface area contributed by atoms with Crippen LogP contribution in [0.3, 0.4) is 0 Å². The highest BCUT2D eigenvalue weighted by molar-refractivity contribution is 5.76. The number of nitrogens with one attached hydrogen (secondary N) is 2. The fourth-order valence-corrected chi connectivity index (χ4v) is 3.13. The van der Waals surface area contributed by atoms with E-state index in [9.17, 15) is 9.90 Å². The molecule has 2 heterocycles. The number of amides is 1. The second kappa shape index (κ2) is 8.29. The number of nitrogens with zero attached hydrogens (tertiary/aromatic N) is 2. The van der Waals surface area contributed by atoms with Crippen LogP contribution in [0.15, 0.2) is 0 Å². The van der Waals surface area contributed by atoms with E-state index < -0.39 is 0 Å². The maximum Gasteiger partial charge on any atom is 0.220 e. The number of H-pyrrole nitrogens is 1. The van der Waals surface area contributed by atoms with Crippen molar-refractivity contribution in [3.05, 3.63) is 17.0 Å². The Balaban J connectivity index is 1.64. The Morgan fingerprint density at radius 3 is 3.00 bits per heavy atom. The molecule has 6 heteroatoms. The summed E-state index contributed by atoms with van der Waals surface area (Å²) in [5.41, 5.74) is 3.18. The molecule has 1 amide bonds. The summed E-state index contributed by atoms with van der Waals surface area (Å²) in [7, 11) is 0. The topological polar surface area (TPSA) is 81.2 Å². The summed E-state index contributed by atoms with van der Waals surface area (Å²) in [6, 6.07) is 0. The number of carbonyl (C=O) groups is 1. The summed E-state index contributed by atoms with van der Waals surface area (Å²) in [6.45, 7) is 7.78. The van der Waals surface area contributed by atoms with Crippen LogP contribution in [0.5, 0.6) is 0 Å². The predicted octanol–water partition coefficient (Wildman–Crippen LogP) is 0.780. The van der Waals surface area contributed by atoms with E-state index in [-0.39, 0.29) is 12.5 Å². The number of aryl methyl sites for hydroxylation is 2. The zero-order chi connectivity index (χ0) is 15.9. The SMILES string of the molecule is Cc1n[nH]c(C)c1CCC(=O)NCCN1CCC[C@@H](CO)C1. The first kappa shape index (κ1) is 17.0. The Bertz CT molecular complexity index is 467. The molecular formula is C16H28N4O2. The fraction of sp³-hybridized carbons (Fsp3) is 0.750. The minimum Gasteiger partial charge on any atom is -0.396 e. The first-order valence-electron chi connectivity index (χ1n) is 8.20. The number of rotatable bonds is 7. The third-order valence-electron chi connectivity index (χ3n) is 4.49. The highest BCUT2D eigenvalue weighted by Crippen LogP contribution is 2.15. The maximum absolute atomic E-state index is 11.9. The summed E-state index contributed by atoms with van der Waals surface area (Å²) >= 11 is 0. The van der Waals surface area contributed by atoms with Crippen molar-refractivity contribution in [3.8, 4) is 0 Å². The zero-order valence-corrected chi connectivity index (χ0v) is 13.7. The van der Waals surface area contributed by atoms with Crippen LogP contribution in [0, 0.1) is 19.8 Å². The molecule has 0 radical (unpaired) electrons. The van der Waals surface area contributed by atoms with Crippen molar-refractivity contribution in [3.63, 3.8) is 0 Å². The normalized spacial score (nSPS) is 19.3. The number of aliphatic hydroxyl groups excluding tert-OH is 1. The van der Waals surface area contributed by atoms with Gasteiger partial charge < -0.3 is 15.3 Å². The van der Waals surface area contributed by atoms with Crippen molar-refractivity contribution in [2.45, 2.75) is 39.5 Å². The summed E-state index contributed by atoms with van der Waals surface area (Å²) < 4.78 is 0. The summed E-state index contributed by atoms with van der Waals surface area (Å²) in [5.74, 6) is 0.493. The number of hydrogen-bond acceptors (Lipinski definition) is 4. The van der Waals surface area contributed by atoms with E-state index in [1.165, 1.54) is 0 Å². The van der Waals surface area contributed by atoms with Crippen LogP contribution in [-0.4, -0.2) is 58.9 Å². The van der Waals surface area contributed by atoms with Gasteiger partial charge in [-0.3, -0.25) is 9.89 Å². The third-order valence-corrected chi connectivity index (χ3v) is 4.49. The average molecular weight is 308 g/mol. The smallest absolute Gasteiger partial charge is 0.220 e. The average Bonchev–Trinajstić information content (AvgIpc) is 2.84. The van der Waals surface area contributed by atoms with Gasteiger partial charge >= 0.3 is 0 Å². The van der Waals surface area contributed by atoms with Gasteiger partial charge in [0.15, 0.2) is 0 Å². The lowest BCUT2D eigenvalue weighted by atomic mass is 9.99. The standard InChI is InChI=1S/C16H28N4O2/c1-12-15(13(2)19-18-12)5-6-16(22)17-7-9-20-8-3-4-14(10-20)11-21/h14,21H,3-11H2,1-2H3,(H,17,22)(H,18,19)/t14-/m1/s1. The van der Waals surface area contributed by atoms with Gasteiger partial charge in [0, 0.05) is 38.4 Å². The molecule has 3 N–H and O–H groups in total. The molecule has 1 saturated heterocycles. The highest BCUT2D eigenvalue weighted by atomic mass is 16.3. The molecule has 1 fully saturated rings. The van der Waals surface area contributed by atoms with Gasteiger partial charge in [0.2, 0.25) is 5.91 Å². The molecule has 0 spiro atoms. The lowest BCUT2D eigenvalue weighted by Crippen LogP contribution is -2.41. The van der Waals surface area contributed by atoms with Gasteiger partial charge in [-0.05, 0) is 51.1 Å². The van der Waals surface area contributed by atoms with Crippen LogP contribution in [0.25, 0.3) is 0 Å². The fourth-order valence-electron chi connectivity index (χ4n) is 3.13. The summed E-state index contributed by atoms with van der Waals surface area (Å²) in [5, 5.41) is 19.3. The largest absolute Gasteiger partial charge is 0.396 e. The molecule has 1 aliphatic rings. The molecule has 0 bridgehead atoms. The Labute approximate surface area is 132 Å². The Hall–Kier alpha value is -1.40. The Morgan fingerprint density at radius 2 is 2.32 bits per heavy atom. The van der Waals surface area contributed by atoms with Crippen LogP contribution in [0.4, 0.5) is 0 Å². The van der Waals surface area contributed by atoms with Crippen LogP contribution in [0.1, 0.15) is 36.2 Å². The van der Waals surface area contributed by atoms with Gasteiger partial charge in [0.1, 0.15) is 0 Å². The predicted molar refractivity (Wildman–Crippen MR) is 85.6 cm³/mol. The number of carbonyl (C=O) groups excluding carboxylic acids is 1.